The Morgan fingerprint density at radius 2 is 2.07 bits per heavy atom. The van der Waals surface area contributed by atoms with E-state index in [1.54, 1.807) is 5.38 Å². The summed E-state index contributed by atoms with van der Waals surface area (Å²) in [5, 5.41) is 10.3. The Labute approximate surface area is 160 Å². The first-order valence-corrected chi connectivity index (χ1v) is 9.23. The van der Waals surface area contributed by atoms with Gasteiger partial charge in [0.05, 0.1) is 17.8 Å². The van der Waals surface area contributed by atoms with Gasteiger partial charge in [0.25, 0.3) is 5.91 Å². The highest BCUT2D eigenvalue weighted by Gasteiger charge is 2.27. The molecule has 0 spiro atoms. The highest BCUT2D eigenvalue weighted by atomic mass is 32.1. The maximum absolute atomic E-state index is 12.5. The van der Waals surface area contributed by atoms with Crippen LogP contribution in [0.5, 0.6) is 0 Å². The maximum Gasteiger partial charge on any atom is 0.273 e. The van der Waals surface area contributed by atoms with Gasteiger partial charge in [-0.15, -0.1) is 11.3 Å². The number of anilines is 2. The number of hydrogen-bond acceptors (Lipinski definition) is 6. The van der Waals surface area contributed by atoms with E-state index in [2.05, 4.69) is 15.4 Å². The Kier molecular flexibility index (Phi) is 5.31. The van der Waals surface area contributed by atoms with Gasteiger partial charge in [-0.25, -0.2) is 9.99 Å². The highest BCUT2D eigenvalue weighted by molar-refractivity contribution is 7.14. The van der Waals surface area contributed by atoms with Crippen LogP contribution in [0.15, 0.2) is 28.7 Å². The second-order valence-corrected chi connectivity index (χ2v) is 7.14. The van der Waals surface area contributed by atoms with Gasteiger partial charge in [-0.1, -0.05) is 12.1 Å². The van der Waals surface area contributed by atoms with E-state index in [1.165, 1.54) is 16.3 Å². The molecule has 27 heavy (non-hydrogen) atoms. The van der Waals surface area contributed by atoms with Crippen LogP contribution in [-0.4, -0.2) is 28.4 Å². The van der Waals surface area contributed by atoms with E-state index in [1.807, 2.05) is 32.0 Å². The van der Waals surface area contributed by atoms with Crippen molar-refractivity contribution in [2.75, 3.05) is 10.3 Å². The van der Waals surface area contributed by atoms with E-state index in [4.69, 9.17) is 5.73 Å². The van der Waals surface area contributed by atoms with Crippen molar-refractivity contribution in [1.29, 1.82) is 0 Å². The van der Waals surface area contributed by atoms with E-state index < -0.39 is 11.8 Å². The minimum absolute atomic E-state index is 0.0161. The minimum atomic E-state index is -0.488. The molecular weight excluding hydrogens is 366 g/mol. The standard InChI is InChI=1S/C18H19N5O3S/c1-10-3-4-11(2)14(7-10)23-16(25)6-5-13(22-23)17(26)21-18-20-12(9-27-18)8-15(19)24/h3-4,7,9H,5-6,8H2,1-2H3,(H2,19,24)(H,20,21,26). The van der Waals surface area contributed by atoms with Crippen LogP contribution >= 0.6 is 11.3 Å². The lowest BCUT2D eigenvalue weighted by Gasteiger charge is -2.24. The van der Waals surface area contributed by atoms with Crippen LogP contribution in [0.25, 0.3) is 0 Å². The molecule has 2 heterocycles. The molecule has 2 aromatic rings. The molecular formula is C18H19N5O3S. The topological polar surface area (TPSA) is 118 Å². The first-order valence-electron chi connectivity index (χ1n) is 8.35. The number of carbonyl (C=O) groups excluding carboxylic acids is 3. The Balaban J connectivity index is 1.80. The van der Waals surface area contributed by atoms with Crippen LogP contribution in [0.2, 0.25) is 0 Å². The average Bonchev–Trinajstić information content (AvgIpc) is 3.03. The van der Waals surface area contributed by atoms with Crippen molar-refractivity contribution in [2.45, 2.75) is 33.1 Å². The number of aromatic nitrogens is 1. The zero-order chi connectivity index (χ0) is 19.6. The van der Waals surface area contributed by atoms with Gasteiger partial charge in [-0.05, 0) is 31.0 Å². The number of primary amides is 1. The third-order valence-corrected chi connectivity index (χ3v) is 4.82. The van der Waals surface area contributed by atoms with E-state index in [0.29, 0.717) is 16.5 Å². The number of nitrogens with one attached hydrogen (secondary N) is 1. The van der Waals surface area contributed by atoms with Crippen LogP contribution in [0.1, 0.15) is 29.7 Å². The number of nitrogens with two attached hydrogens (primary N) is 1. The molecule has 3 amide bonds. The molecule has 1 aromatic carbocycles. The van der Waals surface area contributed by atoms with Crippen LogP contribution in [-0.2, 0) is 20.8 Å². The van der Waals surface area contributed by atoms with Gasteiger partial charge in [0.1, 0.15) is 5.71 Å². The predicted molar refractivity (Wildman–Crippen MR) is 104 cm³/mol. The lowest BCUT2D eigenvalue weighted by molar-refractivity contribution is -0.119. The molecule has 0 aliphatic carbocycles. The fourth-order valence-corrected chi connectivity index (χ4v) is 3.35. The quantitative estimate of drug-likeness (QED) is 0.817. The monoisotopic (exact) mass is 385 g/mol. The molecule has 140 valence electrons. The Hall–Kier alpha value is -3.07. The summed E-state index contributed by atoms with van der Waals surface area (Å²) in [6, 6.07) is 5.74. The molecule has 0 fully saturated rings. The lowest BCUT2D eigenvalue weighted by Crippen LogP contribution is -2.36. The number of benzene rings is 1. The Morgan fingerprint density at radius 1 is 1.30 bits per heavy atom. The van der Waals surface area contributed by atoms with Gasteiger partial charge >= 0.3 is 0 Å². The number of aryl methyl sites for hydroxylation is 2. The summed E-state index contributed by atoms with van der Waals surface area (Å²) in [7, 11) is 0. The van der Waals surface area contributed by atoms with Crippen molar-refractivity contribution in [3.8, 4) is 0 Å². The number of amides is 3. The van der Waals surface area contributed by atoms with Crippen molar-refractivity contribution in [3.05, 3.63) is 40.4 Å². The van der Waals surface area contributed by atoms with Crippen molar-refractivity contribution in [2.24, 2.45) is 10.8 Å². The Bertz CT molecular complexity index is 950. The molecule has 3 rings (SSSR count). The zero-order valence-electron chi connectivity index (χ0n) is 15.0. The summed E-state index contributed by atoms with van der Waals surface area (Å²) >= 11 is 1.20. The first-order chi connectivity index (χ1) is 12.8. The highest BCUT2D eigenvalue weighted by Crippen LogP contribution is 2.26. The third kappa shape index (κ3) is 4.37. The normalized spacial score (nSPS) is 14.1. The van der Waals surface area contributed by atoms with Crippen molar-refractivity contribution >= 4 is 45.6 Å². The summed E-state index contributed by atoms with van der Waals surface area (Å²) in [4.78, 5) is 40.0. The second-order valence-electron chi connectivity index (χ2n) is 6.28. The molecule has 1 aliphatic rings. The summed E-state index contributed by atoms with van der Waals surface area (Å²) in [6.07, 6.45) is 0.470. The van der Waals surface area contributed by atoms with Gasteiger partial charge < -0.3 is 5.73 Å². The molecule has 3 N–H and O–H groups in total. The molecule has 0 atom stereocenters. The lowest BCUT2D eigenvalue weighted by atomic mass is 10.1. The smallest absolute Gasteiger partial charge is 0.273 e. The molecule has 1 aliphatic heterocycles. The molecule has 8 nitrogen and oxygen atoms in total. The molecule has 0 saturated heterocycles. The van der Waals surface area contributed by atoms with Crippen LogP contribution in [0.3, 0.4) is 0 Å². The van der Waals surface area contributed by atoms with Crippen molar-refractivity contribution < 1.29 is 14.4 Å². The SMILES string of the molecule is Cc1ccc(C)c(N2N=C(C(=O)Nc3nc(CC(N)=O)cs3)CCC2=O)c1. The van der Waals surface area contributed by atoms with E-state index in [9.17, 15) is 14.4 Å². The fourth-order valence-electron chi connectivity index (χ4n) is 2.65. The van der Waals surface area contributed by atoms with E-state index in [0.717, 1.165) is 11.1 Å². The number of thiazole rings is 1. The fraction of sp³-hybridized carbons (Fsp3) is 0.278. The van der Waals surface area contributed by atoms with Crippen molar-refractivity contribution in [1.82, 2.24) is 4.98 Å². The molecule has 0 saturated carbocycles. The first kappa shape index (κ1) is 18.7. The summed E-state index contributed by atoms with van der Waals surface area (Å²) in [5.74, 6) is -1.06. The second kappa shape index (κ2) is 7.67. The van der Waals surface area contributed by atoms with Crippen LogP contribution < -0.4 is 16.1 Å². The van der Waals surface area contributed by atoms with Gasteiger partial charge in [0.2, 0.25) is 11.8 Å². The van der Waals surface area contributed by atoms with Crippen LogP contribution in [0, 0.1) is 13.8 Å². The number of hydrazone groups is 1. The maximum atomic E-state index is 12.5. The molecule has 1 aromatic heterocycles. The molecule has 9 heteroatoms. The predicted octanol–water partition coefficient (Wildman–Crippen LogP) is 1.91. The van der Waals surface area contributed by atoms with Crippen molar-refractivity contribution in [3.63, 3.8) is 0 Å². The number of carbonyl (C=O) groups is 3. The number of rotatable bonds is 5. The average molecular weight is 385 g/mol. The molecule has 0 radical (unpaired) electrons. The number of nitrogens with zero attached hydrogens (tertiary/aromatic N) is 3. The Morgan fingerprint density at radius 3 is 2.81 bits per heavy atom. The van der Waals surface area contributed by atoms with E-state index >= 15 is 0 Å². The summed E-state index contributed by atoms with van der Waals surface area (Å²) in [6.45, 7) is 3.82. The largest absolute Gasteiger partial charge is 0.369 e. The van der Waals surface area contributed by atoms with Gasteiger partial charge in [-0.3, -0.25) is 19.7 Å². The van der Waals surface area contributed by atoms with E-state index in [-0.39, 0.29) is 30.9 Å². The molecule has 0 unspecified atom stereocenters. The van der Waals surface area contributed by atoms with Gasteiger partial charge in [0, 0.05) is 18.2 Å². The third-order valence-electron chi connectivity index (χ3n) is 4.02. The molecule has 0 bridgehead atoms. The minimum Gasteiger partial charge on any atom is -0.369 e. The summed E-state index contributed by atoms with van der Waals surface area (Å²) < 4.78 is 0. The summed E-state index contributed by atoms with van der Waals surface area (Å²) in [5.41, 5.74) is 8.46. The van der Waals surface area contributed by atoms with Crippen LogP contribution in [0.4, 0.5) is 10.8 Å². The number of hydrogen-bond donors (Lipinski definition) is 2. The van der Waals surface area contributed by atoms with Gasteiger partial charge in [-0.2, -0.15) is 5.10 Å². The van der Waals surface area contributed by atoms with Gasteiger partial charge in [0.15, 0.2) is 5.13 Å². The zero-order valence-corrected chi connectivity index (χ0v) is 15.8.